The van der Waals surface area contributed by atoms with Crippen molar-refractivity contribution < 1.29 is 21.3 Å². The van der Waals surface area contributed by atoms with Gasteiger partial charge in [-0.2, -0.15) is 4.31 Å². The zero-order valence-corrected chi connectivity index (χ0v) is 17.7. The van der Waals surface area contributed by atoms with Crippen LogP contribution in [0, 0.1) is 6.92 Å². The van der Waals surface area contributed by atoms with Crippen LogP contribution in [0.2, 0.25) is 0 Å². The van der Waals surface area contributed by atoms with Crippen LogP contribution in [0.3, 0.4) is 0 Å². The molecule has 0 aliphatic carbocycles. The van der Waals surface area contributed by atoms with E-state index >= 15 is 0 Å². The smallest absolute Gasteiger partial charge is 0.408 e. The lowest BCUT2D eigenvalue weighted by Crippen LogP contribution is -2.31. The Labute approximate surface area is 168 Å². The number of H-pyrrole nitrogens is 1. The summed E-state index contributed by atoms with van der Waals surface area (Å²) in [5, 5.41) is 0. The number of hydrogen-bond acceptors (Lipinski definition) is 6. The highest BCUT2D eigenvalue weighted by atomic mass is 32.2. The molecule has 0 spiro atoms. The fourth-order valence-electron chi connectivity index (χ4n) is 2.95. The third-order valence-electron chi connectivity index (χ3n) is 4.47. The van der Waals surface area contributed by atoms with Crippen LogP contribution in [-0.4, -0.2) is 39.2 Å². The minimum atomic E-state index is -4.04. The van der Waals surface area contributed by atoms with E-state index in [0.717, 1.165) is 0 Å². The van der Waals surface area contributed by atoms with E-state index in [9.17, 15) is 21.6 Å². The molecule has 0 atom stereocenters. The van der Waals surface area contributed by atoms with Gasteiger partial charge in [0.1, 0.15) is 0 Å². The summed E-state index contributed by atoms with van der Waals surface area (Å²) in [5.74, 6) is -0.688. The molecule has 0 unspecified atom stereocenters. The maximum Gasteiger partial charge on any atom is 0.417 e. The van der Waals surface area contributed by atoms with E-state index in [0.29, 0.717) is 24.2 Å². The van der Waals surface area contributed by atoms with Gasteiger partial charge in [-0.3, -0.25) is 9.71 Å². The van der Waals surface area contributed by atoms with Gasteiger partial charge < -0.3 is 4.42 Å². The van der Waals surface area contributed by atoms with E-state index in [1.807, 2.05) is 0 Å². The van der Waals surface area contributed by atoms with Crippen LogP contribution in [0.15, 0.2) is 55.4 Å². The first-order valence-corrected chi connectivity index (χ1v) is 11.8. The lowest BCUT2D eigenvalue weighted by molar-refractivity contribution is 0.445. The third-order valence-corrected chi connectivity index (χ3v) is 8.04. The fraction of sp³-hybridized carbons (Fsp3) is 0.278. The minimum Gasteiger partial charge on any atom is -0.408 e. The van der Waals surface area contributed by atoms with Crippen molar-refractivity contribution in [1.82, 2.24) is 9.29 Å². The van der Waals surface area contributed by atoms with Crippen LogP contribution in [0.5, 0.6) is 0 Å². The number of aromatic nitrogens is 1. The third kappa shape index (κ3) is 4.07. The SMILES string of the molecule is CCN(CC)S(=O)(=O)c1cc(NS(=O)(=O)c2ccc3[nH]c(=O)oc3c2)ccc1C. The molecule has 0 amide bonds. The van der Waals surface area contributed by atoms with E-state index in [1.165, 1.54) is 34.6 Å². The minimum absolute atomic E-state index is 0.0356. The van der Waals surface area contributed by atoms with E-state index in [4.69, 9.17) is 4.42 Å². The second-order valence-electron chi connectivity index (χ2n) is 6.35. The first-order valence-electron chi connectivity index (χ1n) is 8.85. The monoisotopic (exact) mass is 439 g/mol. The molecule has 0 aliphatic heterocycles. The summed E-state index contributed by atoms with van der Waals surface area (Å²) in [7, 11) is -7.79. The molecule has 0 bridgehead atoms. The van der Waals surface area contributed by atoms with Gasteiger partial charge in [-0.05, 0) is 36.8 Å². The summed E-state index contributed by atoms with van der Waals surface area (Å²) in [6.45, 7) is 5.72. The van der Waals surface area contributed by atoms with E-state index in [1.54, 1.807) is 26.8 Å². The average molecular weight is 440 g/mol. The molecule has 1 heterocycles. The number of aromatic amines is 1. The van der Waals surface area contributed by atoms with Crippen molar-refractivity contribution in [2.45, 2.75) is 30.6 Å². The van der Waals surface area contributed by atoms with Crippen LogP contribution >= 0.6 is 0 Å². The Morgan fingerprint density at radius 1 is 1.03 bits per heavy atom. The number of benzene rings is 2. The average Bonchev–Trinajstić information content (AvgIpc) is 3.03. The number of nitrogens with zero attached hydrogens (tertiary/aromatic N) is 1. The molecule has 9 nitrogen and oxygen atoms in total. The summed E-state index contributed by atoms with van der Waals surface area (Å²) in [6, 6.07) is 8.29. The van der Waals surface area contributed by atoms with Gasteiger partial charge in [0.2, 0.25) is 10.0 Å². The predicted octanol–water partition coefficient (Wildman–Crippen LogP) is 2.26. The number of rotatable bonds is 7. The molecule has 2 aromatic carbocycles. The Kier molecular flexibility index (Phi) is 5.57. The highest BCUT2D eigenvalue weighted by Gasteiger charge is 2.25. The van der Waals surface area contributed by atoms with E-state index in [-0.39, 0.29) is 21.1 Å². The van der Waals surface area contributed by atoms with Crippen molar-refractivity contribution >= 4 is 36.8 Å². The second-order valence-corrected chi connectivity index (χ2v) is 9.94. The van der Waals surface area contributed by atoms with Gasteiger partial charge in [-0.1, -0.05) is 19.9 Å². The molecule has 3 rings (SSSR count). The molecule has 3 aromatic rings. The summed E-state index contributed by atoms with van der Waals surface area (Å²) in [4.78, 5) is 13.6. The Morgan fingerprint density at radius 2 is 1.72 bits per heavy atom. The molecule has 29 heavy (non-hydrogen) atoms. The van der Waals surface area contributed by atoms with Gasteiger partial charge in [-0.25, -0.2) is 21.6 Å². The molecule has 11 heteroatoms. The maximum atomic E-state index is 12.9. The first-order chi connectivity index (χ1) is 13.6. The van der Waals surface area contributed by atoms with Crippen molar-refractivity contribution in [3.05, 3.63) is 52.5 Å². The molecule has 0 saturated heterocycles. The second kappa shape index (κ2) is 7.65. The van der Waals surface area contributed by atoms with Gasteiger partial charge in [0.15, 0.2) is 5.58 Å². The lowest BCUT2D eigenvalue weighted by Gasteiger charge is -2.20. The predicted molar refractivity (Wildman–Crippen MR) is 109 cm³/mol. The summed E-state index contributed by atoms with van der Waals surface area (Å²) in [5.41, 5.74) is 1.09. The van der Waals surface area contributed by atoms with Crippen molar-refractivity contribution in [2.75, 3.05) is 17.8 Å². The molecule has 2 N–H and O–H groups in total. The highest BCUT2D eigenvalue weighted by molar-refractivity contribution is 7.92. The van der Waals surface area contributed by atoms with Gasteiger partial charge >= 0.3 is 5.76 Å². The standard InChI is InChI=1S/C18H21N3O6S2/c1-4-21(5-2)29(25,26)17-10-13(7-6-12(17)3)20-28(23,24)14-8-9-15-16(11-14)27-18(22)19-15/h6-11,20H,4-5H2,1-3H3,(H,19,22). The lowest BCUT2D eigenvalue weighted by atomic mass is 10.2. The number of hydrogen-bond donors (Lipinski definition) is 2. The molecule has 0 fully saturated rings. The number of nitrogens with one attached hydrogen (secondary N) is 2. The number of oxazole rings is 1. The van der Waals surface area contributed by atoms with Gasteiger partial charge in [0.05, 0.1) is 21.0 Å². The molecule has 156 valence electrons. The topological polar surface area (TPSA) is 130 Å². The summed E-state index contributed by atoms with van der Waals surface area (Å²) < 4.78 is 59.8. The highest BCUT2D eigenvalue weighted by Crippen LogP contribution is 2.26. The zero-order valence-electron chi connectivity index (χ0n) is 16.1. The molecule has 0 aliphatic rings. The Balaban J connectivity index is 1.99. The van der Waals surface area contributed by atoms with Crippen LogP contribution in [0.25, 0.3) is 11.1 Å². The number of fused-ring (bicyclic) bond motifs is 1. The number of sulfonamides is 2. The van der Waals surface area contributed by atoms with Gasteiger partial charge in [0.25, 0.3) is 10.0 Å². The molecule has 1 aromatic heterocycles. The largest absolute Gasteiger partial charge is 0.417 e. The van der Waals surface area contributed by atoms with Crippen molar-refractivity contribution in [1.29, 1.82) is 0 Å². The normalized spacial score (nSPS) is 12.6. The van der Waals surface area contributed by atoms with Crippen molar-refractivity contribution in [2.24, 2.45) is 0 Å². The number of aryl methyl sites for hydroxylation is 1. The summed E-state index contributed by atoms with van der Waals surface area (Å²) in [6.07, 6.45) is 0. The zero-order chi connectivity index (χ0) is 21.4. The molecular weight excluding hydrogens is 418 g/mol. The van der Waals surface area contributed by atoms with Crippen LogP contribution < -0.4 is 10.5 Å². The number of anilines is 1. The van der Waals surface area contributed by atoms with E-state index < -0.39 is 25.8 Å². The molecular formula is C18H21N3O6S2. The fourth-order valence-corrected chi connectivity index (χ4v) is 5.72. The Hall–Kier alpha value is -2.63. The Bertz CT molecular complexity index is 1320. The summed E-state index contributed by atoms with van der Waals surface area (Å²) >= 11 is 0. The van der Waals surface area contributed by atoms with Crippen LogP contribution in [0.4, 0.5) is 5.69 Å². The molecule has 0 saturated carbocycles. The maximum absolute atomic E-state index is 12.9. The van der Waals surface area contributed by atoms with Gasteiger partial charge in [0, 0.05) is 19.2 Å². The molecule has 0 radical (unpaired) electrons. The first kappa shape index (κ1) is 21.1. The van der Waals surface area contributed by atoms with Crippen molar-refractivity contribution in [3.8, 4) is 0 Å². The van der Waals surface area contributed by atoms with Gasteiger partial charge in [-0.15, -0.1) is 0 Å². The van der Waals surface area contributed by atoms with E-state index in [2.05, 4.69) is 9.71 Å². The Morgan fingerprint density at radius 3 is 2.38 bits per heavy atom. The quantitative estimate of drug-likeness (QED) is 0.581. The van der Waals surface area contributed by atoms with Crippen LogP contribution in [-0.2, 0) is 20.0 Å². The van der Waals surface area contributed by atoms with Crippen molar-refractivity contribution in [3.63, 3.8) is 0 Å². The van der Waals surface area contributed by atoms with Crippen LogP contribution in [0.1, 0.15) is 19.4 Å².